The first-order chi connectivity index (χ1) is 12.7. The van der Waals surface area contributed by atoms with E-state index in [4.69, 9.17) is 14.2 Å². The van der Waals surface area contributed by atoms with Crippen LogP contribution in [0.15, 0.2) is 47.5 Å². The van der Waals surface area contributed by atoms with Crippen molar-refractivity contribution in [3.63, 3.8) is 0 Å². The lowest BCUT2D eigenvalue weighted by molar-refractivity contribution is 0.0997. The van der Waals surface area contributed by atoms with E-state index in [1.807, 2.05) is 28.8 Å². The van der Waals surface area contributed by atoms with E-state index in [1.165, 1.54) is 18.4 Å². The summed E-state index contributed by atoms with van der Waals surface area (Å²) in [6, 6.07) is 13.0. The number of benzene rings is 2. The maximum atomic E-state index is 12.7. The molecule has 0 bridgehead atoms. The Morgan fingerprint density at radius 3 is 2.58 bits per heavy atom. The number of carbonyl (C=O) groups excluding carboxylic acids is 1. The van der Waals surface area contributed by atoms with Crippen LogP contribution in [0, 0.1) is 0 Å². The Labute approximate surface area is 155 Å². The van der Waals surface area contributed by atoms with E-state index >= 15 is 0 Å². The Hall–Kier alpha value is -2.64. The first kappa shape index (κ1) is 18.2. The molecule has 0 spiro atoms. The fourth-order valence-electron chi connectivity index (χ4n) is 2.63. The molecule has 0 unspecified atom stereocenters. The smallest absolute Gasteiger partial charge is 0.279 e. The minimum absolute atomic E-state index is 0.330. The van der Waals surface area contributed by atoms with Crippen molar-refractivity contribution >= 4 is 27.5 Å². The van der Waals surface area contributed by atoms with Crippen LogP contribution in [0.4, 0.5) is 0 Å². The van der Waals surface area contributed by atoms with Crippen LogP contribution in [0.5, 0.6) is 11.5 Å². The monoisotopic (exact) mass is 372 g/mol. The number of carbonyl (C=O) groups is 1. The fourth-order valence-corrected chi connectivity index (χ4v) is 3.68. The fraction of sp³-hybridized carbons (Fsp3) is 0.263. The molecule has 26 heavy (non-hydrogen) atoms. The minimum atomic E-state index is -0.330. The van der Waals surface area contributed by atoms with Crippen LogP contribution >= 0.6 is 11.3 Å². The van der Waals surface area contributed by atoms with Crippen molar-refractivity contribution < 1.29 is 19.0 Å². The summed E-state index contributed by atoms with van der Waals surface area (Å²) >= 11 is 1.48. The Morgan fingerprint density at radius 2 is 1.85 bits per heavy atom. The molecule has 0 saturated heterocycles. The van der Waals surface area contributed by atoms with Gasteiger partial charge in [0.1, 0.15) is 0 Å². The molecule has 0 aliphatic carbocycles. The van der Waals surface area contributed by atoms with Crippen LogP contribution in [0.25, 0.3) is 10.2 Å². The van der Waals surface area contributed by atoms with Crippen LogP contribution in [-0.2, 0) is 11.3 Å². The number of methoxy groups -OCH3 is 3. The number of hydrogen-bond donors (Lipinski definition) is 0. The van der Waals surface area contributed by atoms with Crippen molar-refractivity contribution in [1.82, 2.24) is 4.57 Å². The highest BCUT2D eigenvalue weighted by Gasteiger charge is 2.12. The Morgan fingerprint density at radius 1 is 1.08 bits per heavy atom. The summed E-state index contributed by atoms with van der Waals surface area (Å²) in [4.78, 5) is 17.7. The number of ether oxygens (including phenoxy) is 3. The van der Waals surface area contributed by atoms with Gasteiger partial charge in [-0.15, -0.1) is 0 Å². The second-order valence-electron chi connectivity index (χ2n) is 5.48. The average Bonchev–Trinajstić information content (AvgIpc) is 3.02. The van der Waals surface area contributed by atoms with Crippen LogP contribution < -0.4 is 14.3 Å². The van der Waals surface area contributed by atoms with Crippen molar-refractivity contribution in [2.75, 3.05) is 27.9 Å². The van der Waals surface area contributed by atoms with Gasteiger partial charge >= 0.3 is 0 Å². The molecule has 3 aromatic rings. The van der Waals surface area contributed by atoms with Crippen molar-refractivity contribution in [3.8, 4) is 11.5 Å². The number of rotatable bonds is 6. The predicted octanol–water partition coefficient (Wildman–Crippen LogP) is 3.11. The molecule has 0 atom stereocenters. The number of thiazole rings is 1. The van der Waals surface area contributed by atoms with E-state index in [-0.39, 0.29) is 5.91 Å². The maximum Gasteiger partial charge on any atom is 0.279 e. The SMILES string of the molecule is COCCn1c(=NC(=O)c2ccc(OC)c(OC)c2)sc2ccccc21. The minimum Gasteiger partial charge on any atom is -0.493 e. The van der Waals surface area contributed by atoms with Gasteiger partial charge in [0, 0.05) is 19.2 Å². The van der Waals surface area contributed by atoms with E-state index < -0.39 is 0 Å². The lowest BCUT2D eigenvalue weighted by Gasteiger charge is -2.08. The molecular weight excluding hydrogens is 352 g/mol. The zero-order chi connectivity index (χ0) is 18.5. The summed E-state index contributed by atoms with van der Waals surface area (Å²) < 4.78 is 18.7. The van der Waals surface area contributed by atoms with E-state index in [9.17, 15) is 4.79 Å². The first-order valence-electron chi connectivity index (χ1n) is 8.06. The zero-order valence-corrected chi connectivity index (χ0v) is 15.7. The topological polar surface area (TPSA) is 62.1 Å². The molecule has 0 aliphatic heterocycles. The van der Waals surface area contributed by atoms with E-state index in [1.54, 1.807) is 32.4 Å². The molecule has 1 heterocycles. The van der Waals surface area contributed by atoms with Gasteiger partial charge in [-0.05, 0) is 30.3 Å². The normalized spacial score (nSPS) is 11.7. The largest absolute Gasteiger partial charge is 0.493 e. The van der Waals surface area contributed by atoms with Crippen molar-refractivity contribution in [2.45, 2.75) is 6.54 Å². The second-order valence-corrected chi connectivity index (χ2v) is 6.49. The summed E-state index contributed by atoms with van der Waals surface area (Å²) in [6.07, 6.45) is 0. The second kappa shape index (κ2) is 8.16. The molecule has 2 aromatic carbocycles. The Bertz CT molecular complexity index is 991. The first-order valence-corrected chi connectivity index (χ1v) is 8.88. The van der Waals surface area contributed by atoms with E-state index in [2.05, 4.69) is 4.99 Å². The molecule has 7 heteroatoms. The molecule has 0 aliphatic rings. The van der Waals surface area contributed by atoms with Gasteiger partial charge < -0.3 is 18.8 Å². The highest BCUT2D eigenvalue weighted by Crippen LogP contribution is 2.27. The van der Waals surface area contributed by atoms with Gasteiger partial charge in [0.2, 0.25) is 0 Å². The van der Waals surface area contributed by atoms with E-state index in [0.717, 1.165) is 10.2 Å². The summed E-state index contributed by atoms with van der Waals surface area (Å²) in [5.41, 5.74) is 1.48. The van der Waals surface area contributed by atoms with Crippen LogP contribution in [0.3, 0.4) is 0 Å². The van der Waals surface area contributed by atoms with E-state index in [0.29, 0.717) is 35.0 Å². The number of nitrogens with zero attached hydrogens (tertiary/aromatic N) is 2. The number of amides is 1. The summed E-state index contributed by atoms with van der Waals surface area (Å²) in [7, 11) is 4.74. The molecule has 1 amide bonds. The van der Waals surface area contributed by atoms with Gasteiger partial charge in [-0.25, -0.2) is 0 Å². The summed E-state index contributed by atoms with van der Waals surface area (Å²) in [5.74, 6) is 0.738. The van der Waals surface area contributed by atoms with Gasteiger partial charge in [-0.3, -0.25) is 4.79 Å². The predicted molar refractivity (Wildman–Crippen MR) is 101 cm³/mol. The van der Waals surface area contributed by atoms with Crippen molar-refractivity contribution in [3.05, 3.63) is 52.8 Å². The molecule has 136 valence electrons. The average molecular weight is 372 g/mol. The lowest BCUT2D eigenvalue weighted by Crippen LogP contribution is -2.19. The third-order valence-corrected chi connectivity index (χ3v) is 4.99. The Balaban J connectivity index is 2.05. The molecule has 3 rings (SSSR count). The number of fused-ring (bicyclic) bond motifs is 1. The zero-order valence-electron chi connectivity index (χ0n) is 14.9. The highest BCUT2D eigenvalue weighted by molar-refractivity contribution is 7.16. The molecule has 1 aromatic heterocycles. The molecule has 0 radical (unpaired) electrons. The van der Waals surface area contributed by atoms with Gasteiger partial charge in [-0.2, -0.15) is 4.99 Å². The number of hydrogen-bond acceptors (Lipinski definition) is 5. The summed E-state index contributed by atoms with van der Waals surface area (Å²) in [6.45, 7) is 1.16. The highest BCUT2D eigenvalue weighted by atomic mass is 32.1. The van der Waals surface area contributed by atoms with Gasteiger partial charge in [-0.1, -0.05) is 23.5 Å². The Kier molecular flexibility index (Phi) is 5.70. The molecule has 0 N–H and O–H groups in total. The van der Waals surface area contributed by atoms with Crippen molar-refractivity contribution in [2.24, 2.45) is 4.99 Å². The van der Waals surface area contributed by atoms with Crippen molar-refractivity contribution in [1.29, 1.82) is 0 Å². The van der Waals surface area contributed by atoms with Crippen LogP contribution in [-0.4, -0.2) is 38.4 Å². The molecule has 0 fully saturated rings. The third kappa shape index (κ3) is 3.63. The standard InChI is InChI=1S/C19H20N2O4S/c1-23-11-10-21-14-6-4-5-7-17(14)26-19(21)20-18(22)13-8-9-15(24-2)16(12-13)25-3/h4-9,12H,10-11H2,1-3H3. The number of para-hydroxylation sites is 1. The third-order valence-electron chi connectivity index (χ3n) is 3.93. The molecule has 6 nitrogen and oxygen atoms in total. The lowest BCUT2D eigenvalue weighted by atomic mass is 10.2. The van der Waals surface area contributed by atoms with Gasteiger partial charge in [0.05, 0.1) is 31.0 Å². The number of aromatic nitrogens is 1. The molecular formula is C19H20N2O4S. The van der Waals surface area contributed by atoms with Crippen LogP contribution in [0.1, 0.15) is 10.4 Å². The summed E-state index contributed by atoms with van der Waals surface area (Å²) in [5, 5.41) is 0. The van der Waals surface area contributed by atoms with Crippen LogP contribution in [0.2, 0.25) is 0 Å². The van der Waals surface area contributed by atoms with Gasteiger partial charge in [0.15, 0.2) is 16.3 Å². The quantitative estimate of drug-likeness (QED) is 0.667. The van der Waals surface area contributed by atoms with Gasteiger partial charge in [0.25, 0.3) is 5.91 Å². The molecule has 0 saturated carbocycles. The maximum absolute atomic E-state index is 12.7.